The van der Waals surface area contributed by atoms with Gasteiger partial charge in [0.25, 0.3) is 0 Å². The van der Waals surface area contributed by atoms with Crippen molar-refractivity contribution < 1.29 is 18.3 Å². The Hall–Kier alpha value is -1.67. The minimum absolute atomic E-state index is 0.0596. The highest BCUT2D eigenvalue weighted by Crippen LogP contribution is 2.33. The van der Waals surface area contributed by atoms with Crippen LogP contribution >= 0.6 is 11.3 Å². The largest absolute Gasteiger partial charge is 0.433 e. The lowest BCUT2D eigenvalue weighted by Gasteiger charge is -2.26. The number of hydrogen-bond acceptors (Lipinski definition) is 5. The third-order valence-electron chi connectivity index (χ3n) is 3.93. The first kappa shape index (κ1) is 16.2. The van der Waals surface area contributed by atoms with Crippen LogP contribution in [0.4, 0.5) is 19.1 Å². The van der Waals surface area contributed by atoms with Crippen molar-refractivity contribution in [2.45, 2.75) is 37.6 Å². The molecule has 2 aromatic rings. The van der Waals surface area contributed by atoms with E-state index in [1.165, 1.54) is 11.3 Å². The molecular formula is C15H16F3N3OS. The van der Waals surface area contributed by atoms with Crippen LogP contribution < -0.4 is 4.90 Å². The van der Waals surface area contributed by atoms with Gasteiger partial charge >= 0.3 is 6.18 Å². The Morgan fingerprint density at radius 2 is 2.22 bits per heavy atom. The molecule has 23 heavy (non-hydrogen) atoms. The Labute approximate surface area is 135 Å². The number of aliphatic hydroxyl groups excluding tert-OH is 1. The van der Waals surface area contributed by atoms with Crippen LogP contribution in [0.3, 0.4) is 0 Å². The molecule has 0 unspecified atom stereocenters. The lowest BCUT2D eigenvalue weighted by molar-refractivity contribution is -0.141. The minimum Gasteiger partial charge on any atom is -0.387 e. The van der Waals surface area contributed by atoms with Gasteiger partial charge in [-0.15, -0.1) is 11.3 Å². The predicted octanol–water partition coefficient (Wildman–Crippen LogP) is 3.65. The van der Waals surface area contributed by atoms with Crippen LogP contribution in [0, 0.1) is 0 Å². The molecule has 0 aliphatic carbocycles. The van der Waals surface area contributed by atoms with Crippen molar-refractivity contribution in [2.75, 3.05) is 11.4 Å². The molecule has 0 saturated carbocycles. The quantitative estimate of drug-likeness (QED) is 0.921. The first-order valence-corrected chi connectivity index (χ1v) is 8.21. The molecule has 1 N–H and O–H groups in total. The molecule has 2 aromatic heterocycles. The predicted molar refractivity (Wildman–Crippen MR) is 81.3 cm³/mol. The highest BCUT2D eigenvalue weighted by Gasteiger charge is 2.35. The van der Waals surface area contributed by atoms with Gasteiger partial charge in [-0.1, -0.05) is 6.07 Å². The summed E-state index contributed by atoms with van der Waals surface area (Å²) in [5, 5.41) is 12.2. The molecule has 1 fully saturated rings. The molecule has 4 nitrogen and oxygen atoms in total. The Morgan fingerprint density at radius 1 is 1.39 bits per heavy atom. The van der Waals surface area contributed by atoms with Crippen LogP contribution in [0.5, 0.6) is 0 Å². The Kier molecular flexibility index (Phi) is 4.54. The molecule has 2 atom stereocenters. The van der Waals surface area contributed by atoms with Gasteiger partial charge in [-0.25, -0.2) is 9.97 Å². The van der Waals surface area contributed by atoms with Gasteiger partial charge in [0.05, 0.1) is 6.10 Å². The number of aromatic nitrogens is 2. The molecule has 124 valence electrons. The molecule has 1 aliphatic heterocycles. The number of thiophene rings is 1. The molecule has 8 heteroatoms. The molecule has 3 rings (SSSR count). The summed E-state index contributed by atoms with van der Waals surface area (Å²) in [6, 6.07) is 4.53. The maximum atomic E-state index is 12.8. The first-order chi connectivity index (χ1) is 10.9. The summed E-state index contributed by atoms with van der Waals surface area (Å²) in [7, 11) is 0. The minimum atomic E-state index is -4.48. The zero-order valence-electron chi connectivity index (χ0n) is 12.2. The second-order valence-corrected chi connectivity index (χ2v) is 6.48. The fraction of sp³-hybridized carbons (Fsp3) is 0.467. The maximum Gasteiger partial charge on any atom is 0.433 e. The first-order valence-electron chi connectivity index (χ1n) is 7.33. The fourth-order valence-electron chi connectivity index (χ4n) is 2.84. The van der Waals surface area contributed by atoms with Crippen LogP contribution in [0.2, 0.25) is 0 Å². The zero-order chi connectivity index (χ0) is 16.4. The van der Waals surface area contributed by atoms with Gasteiger partial charge in [0.15, 0.2) is 0 Å². The van der Waals surface area contributed by atoms with E-state index in [0.29, 0.717) is 13.0 Å². The third kappa shape index (κ3) is 3.64. The molecule has 1 aliphatic rings. The van der Waals surface area contributed by atoms with Crippen molar-refractivity contribution in [1.82, 2.24) is 9.97 Å². The number of alkyl halides is 3. The molecule has 0 spiro atoms. The lowest BCUT2D eigenvalue weighted by Crippen LogP contribution is -2.32. The van der Waals surface area contributed by atoms with E-state index in [4.69, 9.17) is 0 Å². The SMILES string of the molecule is O[C@@H](C[C@H]1CCCN1c1nccc(C(F)(F)F)n1)c1cccs1. The van der Waals surface area contributed by atoms with E-state index in [0.717, 1.165) is 30.0 Å². The molecule has 0 radical (unpaired) electrons. The van der Waals surface area contributed by atoms with Crippen LogP contribution in [0.15, 0.2) is 29.8 Å². The second kappa shape index (κ2) is 6.45. The Balaban J connectivity index is 1.76. The summed E-state index contributed by atoms with van der Waals surface area (Å²) in [6.07, 6.45) is -1.85. The summed E-state index contributed by atoms with van der Waals surface area (Å²) >= 11 is 1.47. The van der Waals surface area contributed by atoms with Crippen molar-refractivity contribution >= 4 is 17.3 Å². The molecular weight excluding hydrogens is 327 g/mol. The molecule has 1 saturated heterocycles. The number of rotatable bonds is 4. The van der Waals surface area contributed by atoms with Gasteiger partial charge < -0.3 is 10.0 Å². The van der Waals surface area contributed by atoms with E-state index in [2.05, 4.69) is 9.97 Å². The summed E-state index contributed by atoms with van der Waals surface area (Å²) in [6.45, 7) is 0.600. The van der Waals surface area contributed by atoms with Crippen LogP contribution in [-0.2, 0) is 6.18 Å². The molecule has 0 bridgehead atoms. The highest BCUT2D eigenvalue weighted by atomic mass is 32.1. The fourth-order valence-corrected chi connectivity index (χ4v) is 3.57. The standard InChI is InChI=1S/C15H16F3N3OS/c16-15(17,18)13-5-6-19-14(20-13)21-7-1-3-10(21)9-11(22)12-4-2-8-23-12/h2,4-6,8,10-11,22H,1,3,7,9H2/t10-,11+/m1/s1. The Bertz CT molecular complexity index is 648. The van der Waals surface area contributed by atoms with Crippen LogP contribution in [-0.4, -0.2) is 27.7 Å². The van der Waals surface area contributed by atoms with Crippen molar-refractivity contribution in [2.24, 2.45) is 0 Å². The Morgan fingerprint density at radius 3 is 2.91 bits per heavy atom. The van der Waals surface area contributed by atoms with E-state index in [1.54, 1.807) is 4.90 Å². The van der Waals surface area contributed by atoms with E-state index < -0.39 is 18.0 Å². The summed E-state index contributed by atoms with van der Waals surface area (Å²) < 4.78 is 38.4. The van der Waals surface area contributed by atoms with Gasteiger partial charge in [0.2, 0.25) is 5.95 Å². The topological polar surface area (TPSA) is 49.2 Å². The normalized spacial score (nSPS) is 20.0. The van der Waals surface area contributed by atoms with E-state index >= 15 is 0 Å². The van der Waals surface area contributed by atoms with Crippen molar-refractivity contribution in [3.05, 3.63) is 40.3 Å². The van der Waals surface area contributed by atoms with Gasteiger partial charge in [-0.2, -0.15) is 13.2 Å². The summed E-state index contributed by atoms with van der Waals surface area (Å²) in [5.74, 6) is 0.0840. The van der Waals surface area contributed by atoms with E-state index in [1.807, 2.05) is 17.5 Å². The van der Waals surface area contributed by atoms with Crippen LogP contribution in [0.25, 0.3) is 0 Å². The number of anilines is 1. The van der Waals surface area contributed by atoms with Crippen molar-refractivity contribution in [3.8, 4) is 0 Å². The average molecular weight is 343 g/mol. The average Bonchev–Trinajstić information content (AvgIpc) is 3.18. The van der Waals surface area contributed by atoms with E-state index in [9.17, 15) is 18.3 Å². The highest BCUT2D eigenvalue weighted by molar-refractivity contribution is 7.10. The maximum absolute atomic E-state index is 12.8. The smallest absolute Gasteiger partial charge is 0.387 e. The zero-order valence-corrected chi connectivity index (χ0v) is 13.0. The van der Waals surface area contributed by atoms with E-state index in [-0.39, 0.29) is 12.0 Å². The number of halogens is 3. The van der Waals surface area contributed by atoms with Gasteiger partial charge in [-0.05, 0) is 36.8 Å². The van der Waals surface area contributed by atoms with Gasteiger partial charge in [0.1, 0.15) is 5.69 Å². The van der Waals surface area contributed by atoms with Gasteiger partial charge in [-0.3, -0.25) is 0 Å². The number of hydrogen-bond donors (Lipinski definition) is 1. The van der Waals surface area contributed by atoms with Crippen LogP contribution in [0.1, 0.15) is 35.9 Å². The summed E-state index contributed by atoms with van der Waals surface area (Å²) in [4.78, 5) is 10.3. The van der Waals surface area contributed by atoms with Crippen molar-refractivity contribution in [1.29, 1.82) is 0 Å². The second-order valence-electron chi connectivity index (χ2n) is 5.50. The molecule has 3 heterocycles. The lowest BCUT2D eigenvalue weighted by atomic mass is 10.1. The number of nitrogens with zero attached hydrogens (tertiary/aromatic N) is 3. The third-order valence-corrected chi connectivity index (χ3v) is 4.91. The summed E-state index contributed by atoms with van der Waals surface area (Å²) in [5.41, 5.74) is -0.938. The van der Waals surface area contributed by atoms with Crippen molar-refractivity contribution in [3.63, 3.8) is 0 Å². The number of aliphatic hydroxyl groups is 1. The van der Waals surface area contributed by atoms with Gasteiger partial charge in [0, 0.05) is 23.7 Å². The molecule has 0 amide bonds. The molecule has 0 aromatic carbocycles. The monoisotopic (exact) mass is 343 g/mol.